The minimum absolute atomic E-state index is 0.0751. The Morgan fingerprint density at radius 2 is 1.87 bits per heavy atom. The second-order valence-corrected chi connectivity index (χ2v) is 6.82. The molecule has 0 saturated carbocycles. The number of aromatic nitrogens is 1. The molecule has 0 fully saturated rings. The number of carbonyl (C=O) groups excluding carboxylic acids is 2. The SMILES string of the molecule is CCOC(=O)c1c[nH]c2ccc(NC(=O)/C=C/c3ccc(N(C)C)cc3)cc2c1=O. The summed E-state index contributed by atoms with van der Waals surface area (Å²) in [6, 6.07) is 12.7. The molecule has 0 unspecified atom stereocenters. The van der Waals surface area contributed by atoms with Crippen molar-refractivity contribution in [2.45, 2.75) is 6.92 Å². The highest BCUT2D eigenvalue weighted by molar-refractivity contribution is 6.03. The quantitative estimate of drug-likeness (QED) is 0.484. The maximum Gasteiger partial charge on any atom is 0.343 e. The van der Waals surface area contributed by atoms with Crippen LogP contribution in [0.1, 0.15) is 22.8 Å². The Kier molecular flexibility index (Phi) is 6.32. The average Bonchev–Trinajstić information content (AvgIpc) is 2.73. The molecule has 1 amide bonds. The van der Waals surface area contributed by atoms with Gasteiger partial charge in [-0.15, -0.1) is 0 Å². The molecule has 2 N–H and O–H groups in total. The topological polar surface area (TPSA) is 91.5 Å². The van der Waals surface area contributed by atoms with Crippen LogP contribution in [0, 0.1) is 0 Å². The lowest BCUT2D eigenvalue weighted by molar-refractivity contribution is -0.111. The van der Waals surface area contributed by atoms with Gasteiger partial charge in [0.1, 0.15) is 5.56 Å². The van der Waals surface area contributed by atoms with Gasteiger partial charge in [-0.05, 0) is 48.9 Å². The number of hydrogen-bond donors (Lipinski definition) is 2. The molecule has 0 aliphatic carbocycles. The zero-order valence-electron chi connectivity index (χ0n) is 17.1. The normalized spacial score (nSPS) is 10.9. The minimum atomic E-state index is -0.682. The first-order valence-corrected chi connectivity index (χ1v) is 9.48. The third-order valence-electron chi connectivity index (χ3n) is 4.48. The summed E-state index contributed by atoms with van der Waals surface area (Å²) in [6.07, 6.45) is 4.47. The molecule has 3 aromatic rings. The van der Waals surface area contributed by atoms with Crippen molar-refractivity contribution in [3.05, 3.63) is 76.1 Å². The number of nitrogens with zero attached hydrogens (tertiary/aromatic N) is 1. The van der Waals surface area contributed by atoms with Crippen LogP contribution in [0.15, 0.2) is 59.5 Å². The molecular formula is C23H23N3O4. The van der Waals surface area contributed by atoms with Crippen LogP contribution in [0.4, 0.5) is 11.4 Å². The maximum atomic E-state index is 12.6. The molecule has 0 aliphatic heterocycles. The van der Waals surface area contributed by atoms with Crippen LogP contribution in [0.3, 0.4) is 0 Å². The molecule has 0 saturated heterocycles. The fourth-order valence-corrected chi connectivity index (χ4v) is 2.90. The van der Waals surface area contributed by atoms with Gasteiger partial charge in [-0.3, -0.25) is 9.59 Å². The Morgan fingerprint density at radius 1 is 1.13 bits per heavy atom. The maximum absolute atomic E-state index is 12.6. The van der Waals surface area contributed by atoms with E-state index in [1.807, 2.05) is 43.3 Å². The summed E-state index contributed by atoms with van der Waals surface area (Å²) in [5.41, 5.74) is 2.45. The van der Waals surface area contributed by atoms with Crippen LogP contribution in [0.5, 0.6) is 0 Å². The molecule has 1 heterocycles. The van der Waals surface area contributed by atoms with Crippen LogP contribution in [0.2, 0.25) is 0 Å². The molecule has 0 radical (unpaired) electrons. The van der Waals surface area contributed by atoms with Crippen LogP contribution in [-0.2, 0) is 9.53 Å². The summed E-state index contributed by atoms with van der Waals surface area (Å²) in [5.74, 6) is -1.01. The highest BCUT2D eigenvalue weighted by Crippen LogP contribution is 2.16. The van der Waals surface area contributed by atoms with E-state index in [4.69, 9.17) is 4.74 Å². The number of anilines is 2. The summed E-state index contributed by atoms with van der Waals surface area (Å²) in [5, 5.41) is 3.03. The van der Waals surface area contributed by atoms with Crippen LogP contribution < -0.4 is 15.6 Å². The number of pyridine rings is 1. The number of aromatic amines is 1. The summed E-state index contributed by atoms with van der Waals surface area (Å²) in [4.78, 5) is 41.7. The molecule has 1 aromatic heterocycles. The van der Waals surface area contributed by atoms with E-state index in [-0.39, 0.29) is 18.1 Å². The van der Waals surface area contributed by atoms with E-state index in [9.17, 15) is 14.4 Å². The van der Waals surface area contributed by atoms with Crippen molar-refractivity contribution in [2.75, 3.05) is 30.9 Å². The van der Waals surface area contributed by atoms with Crippen molar-refractivity contribution in [1.29, 1.82) is 0 Å². The fourth-order valence-electron chi connectivity index (χ4n) is 2.90. The summed E-state index contributed by atoms with van der Waals surface area (Å²) in [7, 11) is 3.92. The summed E-state index contributed by atoms with van der Waals surface area (Å²) < 4.78 is 4.91. The molecule has 7 heteroatoms. The van der Waals surface area contributed by atoms with Gasteiger partial charge in [0.15, 0.2) is 0 Å². The monoisotopic (exact) mass is 405 g/mol. The van der Waals surface area contributed by atoms with E-state index in [1.54, 1.807) is 25.1 Å². The molecule has 30 heavy (non-hydrogen) atoms. The molecule has 2 aromatic carbocycles. The largest absolute Gasteiger partial charge is 0.462 e. The highest BCUT2D eigenvalue weighted by Gasteiger charge is 2.14. The van der Waals surface area contributed by atoms with E-state index >= 15 is 0 Å². The van der Waals surface area contributed by atoms with Gasteiger partial charge in [0.25, 0.3) is 0 Å². The second-order valence-electron chi connectivity index (χ2n) is 6.82. The number of ether oxygens (including phenoxy) is 1. The number of H-pyrrole nitrogens is 1. The molecular weight excluding hydrogens is 382 g/mol. The highest BCUT2D eigenvalue weighted by atomic mass is 16.5. The second kappa shape index (κ2) is 9.09. The molecule has 0 bridgehead atoms. The zero-order chi connectivity index (χ0) is 21.7. The van der Waals surface area contributed by atoms with Crippen LogP contribution >= 0.6 is 0 Å². The lowest BCUT2D eigenvalue weighted by Gasteiger charge is -2.11. The molecule has 0 aliphatic rings. The van der Waals surface area contributed by atoms with Crippen molar-refractivity contribution in [3.63, 3.8) is 0 Å². The van der Waals surface area contributed by atoms with Crippen molar-refractivity contribution in [3.8, 4) is 0 Å². The first kappa shape index (κ1) is 20.9. The van der Waals surface area contributed by atoms with E-state index in [1.165, 1.54) is 18.3 Å². The van der Waals surface area contributed by atoms with E-state index in [2.05, 4.69) is 10.3 Å². The van der Waals surface area contributed by atoms with E-state index < -0.39 is 11.4 Å². The molecule has 7 nitrogen and oxygen atoms in total. The van der Waals surface area contributed by atoms with Gasteiger partial charge < -0.3 is 19.9 Å². The number of hydrogen-bond acceptors (Lipinski definition) is 5. The van der Waals surface area contributed by atoms with Gasteiger partial charge in [0, 0.05) is 48.6 Å². The van der Waals surface area contributed by atoms with Crippen LogP contribution in [-0.4, -0.2) is 37.6 Å². The van der Waals surface area contributed by atoms with Gasteiger partial charge in [-0.2, -0.15) is 0 Å². The van der Waals surface area contributed by atoms with Crippen molar-refractivity contribution in [2.24, 2.45) is 0 Å². The lowest BCUT2D eigenvalue weighted by atomic mass is 10.1. The first-order valence-electron chi connectivity index (χ1n) is 9.48. The molecule has 0 spiro atoms. The number of benzene rings is 2. The van der Waals surface area contributed by atoms with E-state index in [0.717, 1.165) is 11.3 Å². The summed E-state index contributed by atoms with van der Waals surface area (Å²) in [6.45, 7) is 1.85. The molecule has 0 atom stereocenters. The Balaban J connectivity index is 1.77. The first-order chi connectivity index (χ1) is 14.4. The average molecular weight is 405 g/mol. The Labute approximate surface area is 174 Å². The van der Waals surface area contributed by atoms with Gasteiger partial charge in [-0.25, -0.2) is 4.79 Å². The Hall–Kier alpha value is -3.87. The van der Waals surface area contributed by atoms with Crippen molar-refractivity contribution >= 4 is 40.2 Å². The molecule has 154 valence electrons. The van der Waals surface area contributed by atoms with Crippen LogP contribution in [0.25, 0.3) is 17.0 Å². The number of nitrogens with one attached hydrogen (secondary N) is 2. The van der Waals surface area contributed by atoms with Gasteiger partial charge in [0.2, 0.25) is 11.3 Å². The van der Waals surface area contributed by atoms with Gasteiger partial charge in [0.05, 0.1) is 6.61 Å². The number of amides is 1. The molecule has 3 rings (SSSR count). The number of esters is 1. The van der Waals surface area contributed by atoms with Gasteiger partial charge in [-0.1, -0.05) is 12.1 Å². The van der Waals surface area contributed by atoms with Crippen molar-refractivity contribution in [1.82, 2.24) is 4.98 Å². The Bertz CT molecular complexity index is 1160. The predicted molar refractivity (Wildman–Crippen MR) is 119 cm³/mol. The fraction of sp³-hybridized carbons (Fsp3) is 0.174. The third-order valence-corrected chi connectivity index (χ3v) is 4.48. The Morgan fingerprint density at radius 3 is 2.53 bits per heavy atom. The zero-order valence-corrected chi connectivity index (χ0v) is 17.1. The van der Waals surface area contributed by atoms with E-state index in [0.29, 0.717) is 16.6 Å². The third kappa shape index (κ3) is 4.75. The summed E-state index contributed by atoms with van der Waals surface area (Å²) >= 11 is 0. The standard InChI is InChI=1S/C23H23N3O4/c1-4-30-23(29)19-14-24-20-11-8-16(13-18(20)22(19)28)25-21(27)12-7-15-5-9-17(10-6-15)26(2)3/h5-14H,4H2,1-3H3,(H,24,28)(H,25,27)/b12-7+. The number of fused-ring (bicyclic) bond motifs is 1. The number of rotatable bonds is 6. The minimum Gasteiger partial charge on any atom is -0.462 e. The smallest absolute Gasteiger partial charge is 0.343 e. The predicted octanol–water partition coefficient (Wildman–Crippen LogP) is 3.42. The van der Waals surface area contributed by atoms with Crippen molar-refractivity contribution < 1.29 is 14.3 Å². The lowest BCUT2D eigenvalue weighted by Crippen LogP contribution is -2.18. The number of carbonyl (C=O) groups is 2. The van der Waals surface area contributed by atoms with Gasteiger partial charge >= 0.3 is 5.97 Å².